The fraction of sp³-hybridized carbons (Fsp3) is 0.133. The standard InChI is InChI=1S/C15H13NO/c16-15(17)14-9-10-5-1-2-6-11(10)12-7-3-4-8-13(12)14/h1-8,14H,9H2,(H2,16,17)/t14-/m1/s1. The molecule has 0 unspecified atom stereocenters. The lowest BCUT2D eigenvalue weighted by atomic mass is 9.78. The number of amides is 1. The monoisotopic (exact) mass is 223 g/mol. The molecule has 0 saturated carbocycles. The van der Waals surface area contributed by atoms with Crippen molar-refractivity contribution in [2.45, 2.75) is 12.3 Å². The third kappa shape index (κ3) is 1.53. The van der Waals surface area contributed by atoms with Gasteiger partial charge in [0, 0.05) is 0 Å². The van der Waals surface area contributed by atoms with E-state index >= 15 is 0 Å². The normalized spacial score (nSPS) is 17.1. The van der Waals surface area contributed by atoms with Crippen LogP contribution in [0.4, 0.5) is 0 Å². The first-order chi connectivity index (χ1) is 8.27. The van der Waals surface area contributed by atoms with Gasteiger partial charge in [0.15, 0.2) is 0 Å². The van der Waals surface area contributed by atoms with E-state index in [-0.39, 0.29) is 11.8 Å². The van der Waals surface area contributed by atoms with Crippen LogP contribution in [0.2, 0.25) is 0 Å². The number of carbonyl (C=O) groups is 1. The molecule has 2 heteroatoms. The second kappa shape index (κ2) is 3.74. The molecule has 2 aromatic rings. The van der Waals surface area contributed by atoms with E-state index in [0.717, 1.165) is 11.1 Å². The van der Waals surface area contributed by atoms with Gasteiger partial charge in [-0.05, 0) is 28.7 Å². The molecule has 0 radical (unpaired) electrons. The van der Waals surface area contributed by atoms with E-state index in [2.05, 4.69) is 18.2 Å². The first-order valence-electron chi connectivity index (χ1n) is 5.74. The highest BCUT2D eigenvalue weighted by atomic mass is 16.1. The second-order valence-electron chi connectivity index (χ2n) is 4.40. The van der Waals surface area contributed by atoms with E-state index in [0.29, 0.717) is 6.42 Å². The van der Waals surface area contributed by atoms with Gasteiger partial charge in [0.2, 0.25) is 5.91 Å². The van der Waals surface area contributed by atoms with Crippen LogP contribution in [0.3, 0.4) is 0 Å². The highest BCUT2D eigenvalue weighted by Gasteiger charge is 2.27. The Kier molecular flexibility index (Phi) is 2.22. The summed E-state index contributed by atoms with van der Waals surface area (Å²) < 4.78 is 0. The largest absolute Gasteiger partial charge is 0.369 e. The highest BCUT2D eigenvalue weighted by molar-refractivity contribution is 5.88. The van der Waals surface area contributed by atoms with E-state index < -0.39 is 0 Å². The Morgan fingerprint density at radius 2 is 1.65 bits per heavy atom. The molecule has 2 aromatic carbocycles. The zero-order valence-electron chi connectivity index (χ0n) is 9.39. The summed E-state index contributed by atoms with van der Waals surface area (Å²) in [6, 6.07) is 16.2. The maximum Gasteiger partial charge on any atom is 0.225 e. The number of carbonyl (C=O) groups excluding carboxylic acids is 1. The third-order valence-corrected chi connectivity index (χ3v) is 3.41. The molecule has 0 aliphatic heterocycles. The average Bonchev–Trinajstić information content (AvgIpc) is 2.37. The van der Waals surface area contributed by atoms with Crippen LogP contribution in [-0.2, 0) is 11.2 Å². The molecule has 1 aliphatic rings. The Balaban J connectivity index is 2.26. The summed E-state index contributed by atoms with van der Waals surface area (Å²) in [7, 11) is 0. The molecule has 17 heavy (non-hydrogen) atoms. The number of benzene rings is 2. The summed E-state index contributed by atoms with van der Waals surface area (Å²) in [6.45, 7) is 0. The summed E-state index contributed by atoms with van der Waals surface area (Å²) in [4.78, 5) is 11.5. The van der Waals surface area contributed by atoms with Crippen molar-refractivity contribution in [1.82, 2.24) is 0 Å². The molecule has 84 valence electrons. The van der Waals surface area contributed by atoms with Crippen molar-refractivity contribution in [3.8, 4) is 11.1 Å². The van der Waals surface area contributed by atoms with Gasteiger partial charge in [0.25, 0.3) is 0 Å². The van der Waals surface area contributed by atoms with Crippen LogP contribution in [0.5, 0.6) is 0 Å². The number of fused-ring (bicyclic) bond motifs is 3. The predicted molar refractivity (Wildman–Crippen MR) is 67.5 cm³/mol. The predicted octanol–water partition coefficient (Wildman–Crippen LogP) is 2.48. The SMILES string of the molecule is NC(=O)[C@@H]1Cc2ccccc2-c2ccccc21. The fourth-order valence-corrected chi connectivity index (χ4v) is 2.59. The van der Waals surface area contributed by atoms with E-state index in [9.17, 15) is 4.79 Å². The van der Waals surface area contributed by atoms with Gasteiger partial charge in [0.1, 0.15) is 0 Å². The Bertz CT molecular complexity index is 589. The molecule has 1 aliphatic carbocycles. The smallest absolute Gasteiger partial charge is 0.225 e. The van der Waals surface area contributed by atoms with Crippen molar-refractivity contribution >= 4 is 5.91 Å². The van der Waals surface area contributed by atoms with Crippen LogP contribution in [0.25, 0.3) is 11.1 Å². The molecule has 2 N–H and O–H groups in total. The minimum atomic E-state index is -0.244. The molecular formula is C15H13NO. The molecule has 0 heterocycles. The maximum atomic E-state index is 11.5. The minimum absolute atomic E-state index is 0.193. The van der Waals surface area contributed by atoms with Crippen LogP contribution < -0.4 is 5.73 Å². The summed E-state index contributed by atoms with van der Waals surface area (Å²) in [5, 5.41) is 0. The molecule has 1 atom stereocenters. The molecular weight excluding hydrogens is 210 g/mol. The van der Waals surface area contributed by atoms with E-state index in [1.165, 1.54) is 11.1 Å². The number of rotatable bonds is 1. The van der Waals surface area contributed by atoms with Crippen molar-refractivity contribution in [3.63, 3.8) is 0 Å². The summed E-state index contributed by atoms with van der Waals surface area (Å²) >= 11 is 0. The molecule has 1 amide bonds. The van der Waals surface area contributed by atoms with Crippen LogP contribution in [0, 0.1) is 0 Å². The van der Waals surface area contributed by atoms with Gasteiger partial charge in [-0.1, -0.05) is 48.5 Å². The lowest BCUT2D eigenvalue weighted by Crippen LogP contribution is -2.26. The van der Waals surface area contributed by atoms with Gasteiger partial charge < -0.3 is 5.73 Å². The maximum absolute atomic E-state index is 11.5. The summed E-state index contributed by atoms with van der Waals surface area (Å²) in [5.41, 5.74) is 10.1. The van der Waals surface area contributed by atoms with Gasteiger partial charge in [0.05, 0.1) is 5.92 Å². The van der Waals surface area contributed by atoms with Gasteiger partial charge >= 0.3 is 0 Å². The second-order valence-corrected chi connectivity index (χ2v) is 4.40. The minimum Gasteiger partial charge on any atom is -0.369 e. The van der Waals surface area contributed by atoms with E-state index in [4.69, 9.17) is 5.73 Å². The van der Waals surface area contributed by atoms with Crippen LogP contribution in [0.15, 0.2) is 48.5 Å². The molecule has 0 fully saturated rings. The van der Waals surface area contributed by atoms with Crippen molar-refractivity contribution in [2.24, 2.45) is 5.73 Å². The molecule has 0 bridgehead atoms. The van der Waals surface area contributed by atoms with Crippen LogP contribution in [-0.4, -0.2) is 5.91 Å². The summed E-state index contributed by atoms with van der Waals surface area (Å²) in [6.07, 6.45) is 0.711. The van der Waals surface area contributed by atoms with Gasteiger partial charge in [-0.15, -0.1) is 0 Å². The first kappa shape index (κ1) is 10.1. The lowest BCUT2D eigenvalue weighted by Gasteiger charge is -2.25. The van der Waals surface area contributed by atoms with Crippen molar-refractivity contribution in [2.75, 3.05) is 0 Å². The topological polar surface area (TPSA) is 43.1 Å². The quantitative estimate of drug-likeness (QED) is 0.793. The molecule has 0 spiro atoms. The first-order valence-corrected chi connectivity index (χ1v) is 5.74. The lowest BCUT2D eigenvalue weighted by molar-refractivity contribution is -0.119. The van der Waals surface area contributed by atoms with E-state index in [1.54, 1.807) is 0 Å². The van der Waals surface area contributed by atoms with E-state index in [1.807, 2.05) is 30.3 Å². The Hall–Kier alpha value is -2.09. The number of hydrogen-bond donors (Lipinski definition) is 1. The van der Waals surface area contributed by atoms with Crippen molar-refractivity contribution in [3.05, 3.63) is 59.7 Å². The number of nitrogens with two attached hydrogens (primary N) is 1. The van der Waals surface area contributed by atoms with Gasteiger partial charge in [-0.25, -0.2) is 0 Å². The summed E-state index contributed by atoms with van der Waals surface area (Å²) in [5.74, 6) is -0.437. The molecule has 3 rings (SSSR count). The van der Waals surface area contributed by atoms with Crippen LogP contribution >= 0.6 is 0 Å². The molecule has 0 aromatic heterocycles. The van der Waals surface area contributed by atoms with Crippen LogP contribution in [0.1, 0.15) is 17.0 Å². The van der Waals surface area contributed by atoms with Gasteiger partial charge in [-0.3, -0.25) is 4.79 Å². The Morgan fingerprint density at radius 1 is 1.00 bits per heavy atom. The Morgan fingerprint density at radius 3 is 2.41 bits per heavy atom. The number of primary amides is 1. The molecule has 2 nitrogen and oxygen atoms in total. The third-order valence-electron chi connectivity index (χ3n) is 3.41. The number of hydrogen-bond acceptors (Lipinski definition) is 1. The highest BCUT2D eigenvalue weighted by Crippen LogP contribution is 2.39. The van der Waals surface area contributed by atoms with Gasteiger partial charge in [-0.2, -0.15) is 0 Å². The zero-order chi connectivity index (χ0) is 11.8. The Labute approximate surface area is 100 Å². The zero-order valence-corrected chi connectivity index (χ0v) is 9.39. The average molecular weight is 223 g/mol. The molecule has 0 saturated heterocycles. The van der Waals surface area contributed by atoms with Crippen molar-refractivity contribution < 1.29 is 4.79 Å². The fourth-order valence-electron chi connectivity index (χ4n) is 2.59. The van der Waals surface area contributed by atoms with Crippen molar-refractivity contribution in [1.29, 1.82) is 0 Å².